The molecule has 0 bridgehead atoms. The molecule has 3 rings (SSSR count). The van der Waals surface area contributed by atoms with Gasteiger partial charge in [-0.05, 0) is 11.5 Å². The van der Waals surface area contributed by atoms with Crippen LogP contribution in [-0.4, -0.2) is 38.6 Å². The fourth-order valence-electron chi connectivity index (χ4n) is 3.07. The van der Waals surface area contributed by atoms with E-state index in [1.165, 1.54) is 0 Å². The second-order valence-electron chi connectivity index (χ2n) is 6.65. The van der Waals surface area contributed by atoms with Crippen LogP contribution in [-0.2, 0) is 18.4 Å². The first-order valence-corrected chi connectivity index (χ1v) is 8.05. The Balaban J connectivity index is 1.66. The van der Waals surface area contributed by atoms with Crippen LogP contribution < -0.4 is 10.6 Å². The maximum absolute atomic E-state index is 12.6. The maximum Gasteiger partial charge on any atom is 0.229 e. The summed E-state index contributed by atoms with van der Waals surface area (Å²) in [5.41, 5.74) is 1.86. The molecule has 3 heterocycles. The molecule has 2 aromatic rings. The second-order valence-corrected chi connectivity index (χ2v) is 6.65. The molecule has 1 aliphatic heterocycles. The third-order valence-electron chi connectivity index (χ3n) is 4.16. The first-order valence-electron chi connectivity index (χ1n) is 8.05. The molecule has 2 aromatic heterocycles. The molecule has 0 unspecified atom stereocenters. The van der Waals surface area contributed by atoms with Crippen molar-refractivity contribution < 1.29 is 4.79 Å². The van der Waals surface area contributed by atoms with E-state index in [0.717, 1.165) is 24.3 Å². The minimum Gasteiger partial charge on any atom is -0.323 e. The Labute approximate surface area is 136 Å². The third-order valence-corrected chi connectivity index (χ3v) is 4.16. The lowest BCUT2D eigenvalue weighted by Crippen LogP contribution is -2.27. The summed E-state index contributed by atoms with van der Waals surface area (Å²) in [6.07, 6.45) is 7.43. The molecule has 0 radical (unpaired) electrons. The van der Waals surface area contributed by atoms with Crippen molar-refractivity contribution in [2.45, 2.75) is 26.3 Å². The molecule has 2 atom stereocenters. The lowest BCUT2D eigenvalue weighted by atomic mass is 9.90. The monoisotopic (exact) mass is 316 g/mol. The van der Waals surface area contributed by atoms with E-state index >= 15 is 0 Å². The van der Waals surface area contributed by atoms with Gasteiger partial charge in [0.15, 0.2) is 0 Å². The summed E-state index contributed by atoms with van der Waals surface area (Å²) in [5, 5.41) is 14.8. The van der Waals surface area contributed by atoms with Gasteiger partial charge in [0.25, 0.3) is 0 Å². The largest absolute Gasteiger partial charge is 0.323 e. The van der Waals surface area contributed by atoms with Gasteiger partial charge in [-0.2, -0.15) is 10.2 Å². The van der Waals surface area contributed by atoms with Gasteiger partial charge in [0.1, 0.15) is 0 Å². The summed E-state index contributed by atoms with van der Waals surface area (Å²) < 4.78 is 3.64. The van der Waals surface area contributed by atoms with E-state index in [2.05, 4.69) is 34.7 Å². The average molecular weight is 316 g/mol. The topological polar surface area (TPSA) is 76.8 Å². The van der Waals surface area contributed by atoms with E-state index in [1.807, 2.05) is 30.3 Å². The van der Waals surface area contributed by atoms with Crippen LogP contribution in [0.2, 0.25) is 0 Å². The van der Waals surface area contributed by atoms with Crippen molar-refractivity contribution >= 4 is 11.6 Å². The SMILES string of the molecule is CC(C)Cn1cc(NC(=O)[C@H]2CNC[C@@H]2c2cnn(C)c2)cn1. The molecular weight excluding hydrogens is 292 g/mol. The number of hydrogen-bond acceptors (Lipinski definition) is 4. The van der Waals surface area contributed by atoms with E-state index in [4.69, 9.17) is 0 Å². The number of carbonyl (C=O) groups excluding carboxylic acids is 1. The van der Waals surface area contributed by atoms with Crippen LogP contribution >= 0.6 is 0 Å². The zero-order chi connectivity index (χ0) is 16.4. The Morgan fingerprint density at radius 1 is 1.35 bits per heavy atom. The van der Waals surface area contributed by atoms with Gasteiger partial charge in [0.05, 0.1) is 24.0 Å². The average Bonchev–Trinajstić information content (AvgIpc) is 3.18. The van der Waals surface area contributed by atoms with Gasteiger partial charge in [-0.1, -0.05) is 13.8 Å². The third kappa shape index (κ3) is 3.61. The summed E-state index contributed by atoms with van der Waals surface area (Å²) in [5.74, 6) is 0.627. The molecule has 1 amide bonds. The van der Waals surface area contributed by atoms with Gasteiger partial charge >= 0.3 is 0 Å². The molecule has 124 valence electrons. The molecule has 1 aliphatic rings. The highest BCUT2D eigenvalue weighted by Crippen LogP contribution is 2.28. The fraction of sp³-hybridized carbons (Fsp3) is 0.562. The van der Waals surface area contributed by atoms with Crippen LogP contribution in [0, 0.1) is 11.8 Å². The number of nitrogens with one attached hydrogen (secondary N) is 2. The van der Waals surface area contributed by atoms with Crippen LogP contribution in [0.1, 0.15) is 25.3 Å². The van der Waals surface area contributed by atoms with Crippen molar-refractivity contribution in [3.8, 4) is 0 Å². The molecule has 23 heavy (non-hydrogen) atoms. The number of amides is 1. The quantitative estimate of drug-likeness (QED) is 0.869. The van der Waals surface area contributed by atoms with E-state index in [-0.39, 0.29) is 17.7 Å². The summed E-state index contributed by atoms with van der Waals surface area (Å²) >= 11 is 0. The van der Waals surface area contributed by atoms with Crippen LogP contribution in [0.4, 0.5) is 5.69 Å². The number of carbonyl (C=O) groups is 1. The Hall–Kier alpha value is -2.15. The first kappa shape index (κ1) is 15.7. The normalized spacial score (nSPS) is 21.0. The predicted octanol–water partition coefficient (Wildman–Crippen LogP) is 1.21. The lowest BCUT2D eigenvalue weighted by molar-refractivity contribution is -0.119. The minimum absolute atomic E-state index is 0.0351. The van der Waals surface area contributed by atoms with E-state index < -0.39 is 0 Å². The van der Waals surface area contributed by atoms with Crippen molar-refractivity contribution in [3.63, 3.8) is 0 Å². The molecule has 1 saturated heterocycles. The maximum atomic E-state index is 12.6. The summed E-state index contributed by atoms with van der Waals surface area (Å²) in [4.78, 5) is 12.6. The number of hydrogen-bond donors (Lipinski definition) is 2. The van der Waals surface area contributed by atoms with Gasteiger partial charge in [-0.25, -0.2) is 0 Å². The van der Waals surface area contributed by atoms with Crippen molar-refractivity contribution in [1.82, 2.24) is 24.9 Å². The smallest absolute Gasteiger partial charge is 0.229 e. The standard InChI is InChI=1S/C16H24N6O/c1-11(2)8-22-10-13(5-19-22)20-16(23)15-7-17-6-14(15)12-4-18-21(3)9-12/h4-5,9-11,14-15,17H,6-8H2,1-3H3,(H,20,23)/t14-,15+/m1/s1. The number of anilines is 1. The summed E-state index contributed by atoms with van der Waals surface area (Å²) in [6, 6.07) is 0. The van der Waals surface area contributed by atoms with Gasteiger partial charge in [0, 0.05) is 45.0 Å². The Kier molecular flexibility index (Phi) is 4.47. The van der Waals surface area contributed by atoms with Crippen molar-refractivity contribution in [2.75, 3.05) is 18.4 Å². The zero-order valence-electron chi connectivity index (χ0n) is 13.9. The van der Waals surface area contributed by atoms with Crippen LogP contribution in [0.5, 0.6) is 0 Å². The molecule has 0 spiro atoms. The minimum atomic E-state index is -0.0901. The van der Waals surface area contributed by atoms with Gasteiger partial charge in [-0.3, -0.25) is 14.2 Å². The number of rotatable bonds is 5. The fourth-order valence-corrected chi connectivity index (χ4v) is 3.07. The predicted molar refractivity (Wildman–Crippen MR) is 88.0 cm³/mol. The summed E-state index contributed by atoms with van der Waals surface area (Å²) in [7, 11) is 1.89. The van der Waals surface area contributed by atoms with Crippen molar-refractivity contribution in [2.24, 2.45) is 18.9 Å². The molecule has 2 N–H and O–H groups in total. The lowest BCUT2D eigenvalue weighted by Gasteiger charge is -2.16. The molecule has 7 nitrogen and oxygen atoms in total. The van der Waals surface area contributed by atoms with Gasteiger partial charge < -0.3 is 10.6 Å². The van der Waals surface area contributed by atoms with Crippen LogP contribution in [0.15, 0.2) is 24.8 Å². The van der Waals surface area contributed by atoms with E-state index in [9.17, 15) is 4.79 Å². The Morgan fingerprint density at radius 3 is 2.87 bits per heavy atom. The number of aryl methyl sites for hydroxylation is 1. The van der Waals surface area contributed by atoms with E-state index in [0.29, 0.717) is 12.5 Å². The van der Waals surface area contributed by atoms with Crippen molar-refractivity contribution in [3.05, 3.63) is 30.4 Å². The molecular formula is C16H24N6O. The molecule has 7 heteroatoms. The zero-order valence-corrected chi connectivity index (χ0v) is 13.9. The highest BCUT2D eigenvalue weighted by Gasteiger charge is 2.34. The van der Waals surface area contributed by atoms with E-state index in [1.54, 1.807) is 10.9 Å². The number of aromatic nitrogens is 4. The van der Waals surface area contributed by atoms with Crippen molar-refractivity contribution in [1.29, 1.82) is 0 Å². The van der Waals surface area contributed by atoms with Gasteiger partial charge in [0.2, 0.25) is 5.91 Å². The molecule has 0 saturated carbocycles. The number of nitrogens with zero attached hydrogens (tertiary/aromatic N) is 4. The first-order chi connectivity index (χ1) is 11.0. The molecule has 0 aromatic carbocycles. The molecule has 1 fully saturated rings. The second kappa shape index (κ2) is 6.54. The Bertz CT molecular complexity index is 674. The van der Waals surface area contributed by atoms with Gasteiger partial charge in [-0.15, -0.1) is 0 Å². The highest BCUT2D eigenvalue weighted by molar-refractivity contribution is 5.93. The summed E-state index contributed by atoms with van der Waals surface area (Å²) in [6.45, 7) is 6.62. The Morgan fingerprint density at radius 2 is 2.17 bits per heavy atom. The highest BCUT2D eigenvalue weighted by atomic mass is 16.2. The van der Waals surface area contributed by atoms with Crippen LogP contribution in [0.3, 0.4) is 0 Å². The van der Waals surface area contributed by atoms with Crippen LogP contribution in [0.25, 0.3) is 0 Å². The molecule has 0 aliphatic carbocycles.